The zero-order valence-electron chi connectivity index (χ0n) is 17.5. The van der Waals surface area contributed by atoms with E-state index in [1.165, 1.54) is 5.56 Å². The number of hydrogen-bond acceptors (Lipinski definition) is 4. The molecule has 0 aliphatic rings. The second kappa shape index (κ2) is 13.7. The molecule has 0 spiro atoms. The fourth-order valence-corrected chi connectivity index (χ4v) is 2.88. The lowest BCUT2D eigenvalue weighted by molar-refractivity contribution is -0.108. The van der Waals surface area contributed by atoms with Crippen molar-refractivity contribution >= 4 is 18.0 Å². The molecule has 152 valence electrons. The van der Waals surface area contributed by atoms with Crippen molar-refractivity contribution in [3.05, 3.63) is 71.8 Å². The number of hydrogen-bond donors (Lipinski definition) is 2. The van der Waals surface area contributed by atoms with Gasteiger partial charge in [0.15, 0.2) is 0 Å². The summed E-state index contributed by atoms with van der Waals surface area (Å²) >= 11 is 0. The van der Waals surface area contributed by atoms with Gasteiger partial charge in [0, 0.05) is 25.3 Å². The summed E-state index contributed by atoms with van der Waals surface area (Å²) < 4.78 is 0. The van der Waals surface area contributed by atoms with Gasteiger partial charge in [0.05, 0.1) is 6.04 Å². The van der Waals surface area contributed by atoms with Crippen LogP contribution >= 0.6 is 0 Å². The number of aldehydes is 1. The molecule has 0 heterocycles. The number of nitrogens with one attached hydrogen (secondary N) is 1. The van der Waals surface area contributed by atoms with Crippen LogP contribution in [0.2, 0.25) is 0 Å². The summed E-state index contributed by atoms with van der Waals surface area (Å²) in [6.07, 6.45) is 3.24. The Morgan fingerprint density at radius 3 is 2.43 bits per heavy atom. The first-order valence-corrected chi connectivity index (χ1v) is 10.1. The molecule has 0 aliphatic carbocycles. The Kier molecular flexibility index (Phi) is 11.5. The third-order valence-corrected chi connectivity index (χ3v) is 4.39. The average molecular weight is 382 g/mol. The molecule has 28 heavy (non-hydrogen) atoms. The third kappa shape index (κ3) is 8.51. The Morgan fingerprint density at radius 2 is 1.82 bits per heavy atom. The lowest BCUT2D eigenvalue weighted by Crippen LogP contribution is -2.28. The lowest BCUT2D eigenvalue weighted by Gasteiger charge is -2.21. The largest absolute Gasteiger partial charge is 0.384 e. The third-order valence-electron chi connectivity index (χ3n) is 4.39. The molecule has 2 rings (SSSR count). The maximum absolute atomic E-state index is 10.7. The first kappa shape index (κ1) is 23.6. The molecular formula is C24H35N3O. The number of anilines is 1. The fraction of sp³-hybridized carbons (Fsp3) is 0.375. The van der Waals surface area contributed by atoms with E-state index >= 15 is 0 Å². The molecule has 3 N–H and O–H groups in total. The molecule has 0 saturated heterocycles. The molecule has 4 nitrogen and oxygen atoms in total. The van der Waals surface area contributed by atoms with E-state index in [0.29, 0.717) is 6.42 Å². The van der Waals surface area contributed by atoms with Crippen molar-refractivity contribution in [2.75, 3.05) is 25.0 Å². The molecule has 2 aromatic carbocycles. The van der Waals surface area contributed by atoms with Crippen molar-refractivity contribution in [1.29, 1.82) is 0 Å². The Balaban J connectivity index is 0.00000190. The van der Waals surface area contributed by atoms with E-state index in [0.717, 1.165) is 49.3 Å². The SMILES string of the molecule is C=Cc1ccc(NCCN(CC)Cc2cccc(CC(N)C=O)c2)cc1.CC. The maximum Gasteiger partial charge on any atom is 0.137 e. The van der Waals surface area contributed by atoms with Crippen LogP contribution in [0.25, 0.3) is 6.08 Å². The Bertz CT molecular complexity index is 697. The van der Waals surface area contributed by atoms with Gasteiger partial charge in [-0.15, -0.1) is 0 Å². The van der Waals surface area contributed by atoms with Crippen LogP contribution in [0.4, 0.5) is 5.69 Å². The van der Waals surface area contributed by atoms with Crippen molar-refractivity contribution in [1.82, 2.24) is 4.90 Å². The van der Waals surface area contributed by atoms with Gasteiger partial charge in [0.25, 0.3) is 0 Å². The predicted molar refractivity (Wildman–Crippen MR) is 122 cm³/mol. The topological polar surface area (TPSA) is 58.4 Å². The van der Waals surface area contributed by atoms with Gasteiger partial charge < -0.3 is 15.8 Å². The van der Waals surface area contributed by atoms with Gasteiger partial charge in [-0.25, -0.2) is 0 Å². The van der Waals surface area contributed by atoms with Crippen LogP contribution in [0, 0.1) is 0 Å². The highest BCUT2D eigenvalue weighted by Gasteiger charge is 2.06. The zero-order valence-corrected chi connectivity index (χ0v) is 17.5. The number of carbonyl (C=O) groups excluding carboxylic acids is 1. The minimum absolute atomic E-state index is 0.427. The van der Waals surface area contributed by atoms with E-state index in [9.17, 15) is 4.79 Å². The number of benzene rings is 2. The van der Waals surface area contributed by atoms with E-state index in [-0.39, 0.29) is 0 Å². The minimum Gasteiger partial charge on any atom is -0.384 e. The number of carbonyl (C=O) groups is 1. The van der Waals surface area contributed by atoms with Crippen molar-refractivity contribution in [2.45, 2.75) is 39.8 Å². The fourth-order valence-electron chi connectivity index (χ4n) is 2.88. The normalized spacial score (nSPS) is 11.3. The number of likely N-dealkylation sites (N-methyl/N-ethyl adjacent to an activating group) is 1. The van der Waals surface area contributed by atoms with Crippen molar-refractivity contribution in [3.63, 3.8) is 0 Å². The highest BCUT2D eigenvalue weighted by molar-refractivity contribution is 5.57. The average Bonchev–Trinajstić information content (AvgIpc) is 2.75. The lowest BCUT2D eigenvalue weighted by atomic mass is 10.0. The van der Waals surface area contributed by atoms with Gasteiger partial charge in [0.2, 0.25) is 0 Å². The molecule has 0 aromatic heterocycles. The molecule has 0 bridgehead atoms. The summed E-state index contributed by atoms with van der Waals surface area (Å²) in [5.41, 5.74) is 10.3. The van der Waals surface area contributed by atoms with Crippen molar-refractivity contribution in [2.24, 2.45) is 5.73 Å². The van der Waals surface area contributed by atoms with Crippen LogP contribution in [-0.2, 0) is 17.8 Å². The van der Waals surface area contributed by atoms with Gasteiger partial charge in [-0.3, -0.25) is 4.90 Å². The second-order valence-corrected chi connectivity index (χ2v) is 6.45. The molecule has 1 unspecified atom stereocenters. The zero-order chi connectivity index (χ0) is 20.8. The second-order valence-electron chi connectivity index (χ2n) is 6.45. The molecule has 1 atom stereocenters. The quantitative estimate of drug-likeness (QED) is 0.568. The van der Waals surface area contributed by atoms with Gasteiger partial charge in [-0.05, 0) is 41.8 Å². The number of nitrogens with zero attached hydrogens (tertiary/aromatic N) is 1. The van der Waals surface area contributed by atoms with Gasteiger partial charge >= 0.3 is 0 Å². The highest BCUT2D eigenvalue weighted by Crippen LogP contribution is 2.12. The van der Waals surface area contributed by atoms with Gasteiger partial charge in [-0.1, -0.05) is 69.8 Å². The number of nitrogens with two attached hydrogens (primary N) is 1. The molecule has 4 heteroatoms. The summed E-state index contributed by atoms with van der Waals surface area (Å²) in [7, 11) is 0. The summed E-state index contributed by atoms with van der Waals surface area (Å²) in [4.78, 5) is 13.1. The molecule has 0 radical (unpaired) electrons. The standard InChI is InChI=1S/C22H29N3O.C2H6/c1-3-18-8-10-22(11-9-18)24-12-13-25(4-2)16-20-7-5-6-19(14-20)15-21(23)17-26;1-2/h3,5-11,14,17,21,24H,1,4,12-13,15-16,23H2,2H3;1-2H3. The van der Waals surface area contributed by atoms with Crippen LogP contribution in [0.3, 0.4) is 0 Å². The van der Waals surface area contributed by atoms with E-state index < -0.39 is 6.04 Å². The molecule has 0 fully saturated rings. The molecule has 0 amide bonds. The monoisotopic (exact) mass is 381 g/mol. The highest BCUT2D eigenvalue weighted by atomic mass is 16.1. The first-order chi connectivity index (χ1) is 13.6. The van der Waals surface area contributed by atoms with E-state index in [2.05, 4.69) is 60.1 Å². The van der Waals surface area contributed by atoms with Crippen molar-refractivity contribution < 1.29 is 4.79 Å². The van der Waals surface area contributed by atoms with E-state index in [1.54, 1.807) is 0 Å². The van der Waals surface area contributed by atoms with Crippen LogP contribution in [0.5, 0.6) is 0 Å². The van der Waals surface area contributed by atoms with Gasteiger partial charge in [-0.2, -0.15) is 0 Å². The molecular weight excluding hydrogens is 346 g/mol. The molecule has 0 saturated carbocycles. The summed E-state index contributed by atoms with van der Waals surface area (Å²) in [6, 6.07) is 16.2. The summed E-state index contributed by atoms with van der Waals surface area (Å²) in [5.74, 6) is 0. The minimum atomic E-state index is -0.427. The van der Waals surface area contributed by atoms with Crippen LogP contribution < -0.4 is 11.1 Å². The molecule has 2 aromatic rings. The van der Waals surface area contributed by atoms with Crippen LogP contribution in [0.1, 0.15) is 37.5 Å². The summed E-state index contributed by atoms with van der Waals surface area (Å²) in [6.45, 7) is 13.7. The van der Waals surface area contributed by atoms with Gasteiger partial charge in [0.1, 0.15) is 6.29 Å². The van der Waals surface area contributed by atoms with E-state index in [4.69, 9.17) is 5.73 Å². The van der Waals surface area contributed by atoms with E-state index in [1.807, 2.05) is 32.1 Å². The summed E-state index contributed by atoms with van der Waals surface area (Å²) in [5, 5.41) is 3.46. The predicted octanol–water partition coefficient (Wildman–Crippen LogP) is 4.36. The Labute approximate surface area is 170 Å². The van der Waals surface area contributed by atoms with Crippen molar-refractivity contribution in [3.8, 4) is 0 Å². The number of rotatable bonds is 11. The smallest absolute Gasteiger partial charge is 0.137 e. The Morgan fingerprint density at radius 1 is 1.14 bits per heavy atom. The first-order valence-electron chi connectivity index (χ1n) is 10.1. The maximum atomic E-state index is 10.7. The van der Waals surface area contributed by atoms with Crippen LogP contribution in [-0.4, -0.2) is 36.9 Å². The molecule has 0 aliphatic heterocycles. The van der Waals surface area contributed by atoms with Crippen LogP contribution in [0.15, 0.2) is 55.1 Å². The Hall–Kier alpha value is -2.43.